The van der Waals surface area contributed by atoms with E-state index in [9.17, 15) is 9.59 Å². The Morgan fingerprint density at radius 3 is 2.34 bits per heavy atom. The molecule has 1 aliphatic carbocycles. The van der Waals surface area contributed by atoms with Crippen LogP contribution >= 0.6 is 0 Å². The van der Waals surface area contributed by atoms with Gasteiger partial charge in [-0.15, -0.1) is 0 Å². The zero-order chi connectivity index (χ0) is 23.7. The number of nitrogens with zero attached hydrogens (tertiary/aromatic N) is 1. The monoisotopic (exact) mass is 443 g/mol. The number of pyridine rings is 1. The number of benzene rings is 1. The molecule has 0 radical (unpaired) electrons. The van der Waals surface area contributed by atoms with E-state index in [-0.39, 0.29) is 23.7 Å². The van der Waals surface area contributed by atoms with E-state index in [0.29, 0.717) is 12.3 Å². The highest BCUT2D eigenvalue weighted by atomic mass is 16.5. The second-order valence-electron chi connectivity index (χ2n) is 7.64. The summed E-state index contributed by atoms with van der Waals surface area (Å²) in [6, 6.07) is 5.47. The summed E-state index contributed by atoms with van der Waals surface area (Å²) in [6.07, 6.45) is 7.27. The number of aromatic nitrogens is 1. The molecule has 0 spiro atoms. The fourth-order valence-corrected chi connectivity index (χ4v) is 3.56. The molecule has 1 aliphatic heterocycles. The smallest absolute Gasteiger partial charge is 0.343 e. The van der Waals surface area contributed by atoms with E-state index in [2.05, 4.69) is 13.8 Å². The van der Waals surface area contributed by atoms with Gasteiger partial charge in [0, 0.05) is 24.4 Å². The minimum Gasteiger partial charge on any atom is -0.493 e. The number of hydrogen-bond donors (Lipinski definition) is 0. The maximum Gasteiger partial charge on any atom is 0.343 e. The van der Waals surface area contributed by atoms with Gasteiger partial charge < -0.3 is 18.8 Å². The molecule has 2 heterocycles. The Kier molecular flexibility index (Phi) is 9.82. The predicted octanol–water partition coefficient (Wildman–Crippen LogP) is 5.63. The van der Waals surface area contributed by atoms with Crippen LogP contribution in [0.15, 0.2) is 29.2 Å². The van der Waals surface area contributed by atoms with E-state index >= 15 is 0 Å². The number of aryl methyl sites for hydroxylation is 2. The first-order valence-corrected chi connectivity index (χ1v) is 11.8. The molecule has 0 N–H and O–H groups in total. The van der Waals surface area contributed by atoms with Crippen LogP contribution < -0.4 is 14.9 Å². The van der Waals surface area contributed by atoms with Gasteiger partial charge in [-0.1, -0.05) is 34.1 Å². The number of hydrogen-bond acceptors (Lipinski definition) is 5. The fraction of sp³-hybridized carbons (Fsp3) is 0.538. The maximum atomic E-state index is 12.5. The van der Waals surface area contributed by atoms with Crippen LogP contribution in [0.3, 0.4) is 0 Å². The van der Waals surface area contributed by atoms with Crippen molar-refractivity contribution in [3.05, 3.63) is 45.7 Å². The van der Waals surface area contributed by atoms with E-state index in [0.717, 1.165) is 41.8 Å². The molecule has 1 aromatic carbocycles. The van der Waals surface area contributed by atoms with Gasteiger partial charge in [0.2, 0.25) is 0 Å². The lowest BCUT2D eigenvalue weighted by atomic mass is 9.94. The highest BCUT2D eigenvalue weighted by Crippen LogP contribution is 2.40. The molecule has 1 aromatic heterocycles. The minimum atomic E-state index is -0.578. The second-order valence-corrected chi connectivity index (χ2v) is 7.64. The highest BCUT2D eigenvalue weighted by Gasteiger charge is 2.25. The fourth-order valence-electron chi connectivity index (χ4n) is 3.56. The molecule has 176 valence electrons. The Morgan fingerprint density at radius 2 is 1.78 bits per heavy atom. The van der Waals surface area contributed by atoms with Crippen molar-refractivity contribution < 1.29 is 19.0 Å². The molecule has 2 aliphatic rings. The lowest BCUT2D eigenvalue weighted by molar-refractivity contribution is 0.0524. The summed E-state index contributed by atoms with van der Waals surface area (Å²) in [5.41, 5.74) is 2.57. The van der Waals surface area contributed by atoms with E-state index in [1.165, 1.54) is 18.9 Å². The first kappa shape index (κ1) is 25.5. The van der Waals surface area contributed by atoms with Crippen LogP contribution in [0.5, 0.6) is 11.5 Å². The number of carbonyl (C=O) groups is 1. The van der Waals surface area contributed by atoms with Crippen LogP contribution in [0, 0.1) is 0 Å². The minimum absolute atomic E-state index is 0.0703. The van der Waals surface area contributed by atoms with Gasteiger partial charge in [0.05, 0.1) is 25.5 Å². The van der Waals surface area contributed by atoms with Crippen molar-refractivity contribution in [2.75, 3.05) is 13.7 Å². The van der Waals surface area contributed by atoms with Gasteiger partial charge >= 0.3 is 5.97 Å². The Balaban J connectivity index is 0.000000671. The van der Waals surface area contributed by atoms with Crippen molar-refractivity contribution in [1.82, 2.24) is 4.57 Å². The lowest BCUT2D eigenvalue weighted by Gasteiger charge is -2.29. The summed E-state index contributed by atoms with van der Waals surface area (Å²) < 4.78 is 18.5. The maximum absolute atomic E-state index is 12.5. The standard InChI is InChI=1S/C21H23NO5.C3H8.C2H6/c1-3-26-21(24)16-12-22-8-7-13-9-20(27-14-5-4-6-14)19(25-2)10-15(13)17(22)11-18(16)23;1-3-2;1-2/h9-12,14H,3-8H2,1-2H3;3H2,1-2H3;1-2H3. The number of rotatable bonds is 5. The van der Waals surface area contributed by atoms with Gasteiger partial charge in [0.1, 0.15) is 5.56 Å². The van der Waals surface area contributed by atoms with Crippen molar-refractivity contribution in [2.24, 2.45) is 0 Å². The van der Waals surface area contributed by atoms with Gasteiger partial charge in [0.25, 0.3) is 0 Å². The van der Waals surface area contributed by atoms with Gasteiger partial charge in [-0.3, -0.25) is 4.79 Å². The van der Waals surface area contributed by atoms with Crippen molar-refractivity contribution in [2.45, 2.75) is 79.4 Å². The summed E-state index contributed by atoms with van der Waals surface area (Å²) in [4.78, 5) is 24.5. The Hall–Kier alpha value is -2.76. The molecule has 0 saturated heterocycles. The zero-order valence-electron chi connectivity index (χ0n) is 20.3. The normalized spacial score (nSPS) is 13.7. The highest BCUT2D eigenvalue weighted by molar-refractivity contribution is 5.89. The molecule has 0 amide bonds. The van der Waals surface area contributed by atoms with Crippen LogP contribution in [0.4, 0.5) is 0 Å². The number of ether oxygens (including phenoxy) is 3. The SMILES string of the molecule is CC.CCC.CCOC(=O)c1cn2c(cc1=O)-c1cc(OC)c(OC3CCC3)cc1CC2. The van der Waals surface area contributed by atoms with Crippen molar-refractivity contribution >= 4 is 5.97 Å². The summed E-state index contributed by atoms with van der Waals surface area (Å²) in [5, 5.41) is 0. The topological polar surface area (TPSA) is 66.8 Å². The first-order valence-electron chi connectivity index (χ1n) is 11.8. The van der Waals surface area contributed by atoms with Gasteiger partial charge in [-0.2, -0.15) is 0 Å². The van der Waals surface area contributed by atoms with E-state index in [4.69, 9.17) is 14.2 Å². The third-order valence-electron chi connectivity index (χ3n) is 5.26. The average molecular weight is 444 g/mol. The Labute approximate surface area is 191 Å². The van der Waals surface area contributed by atoms with Crippen LogP contribution in [0.1, 0.15) is 76.2 Å². The third kappa shape index (κ3) is 5.72. The quantitative estimate of drug-likeness (QED) is 0.560. The zero-order valence-corrected chi connectivity index (χ0v) is 20.3. The molecule has 2 aromatic rings. The number of fused-ring (bicyclic) bond motifs is 3. The number of esters is 1. The average Bonchev–Trinajstić information content (AvgIpc) is 2.77. The molecule has 6 heteroatoms. The van der Waals surface area contributed by atoms with Gasteiger partial charge in [0.15, 0.2) is 16.9 Å². The van der Waals surface area contributed by atoms with E-state index < -0.39 is 5.97 Å². The summed E-state index contributed by atoms with van der Waals surface area (Å²) in [7, 11) is 1.62. The lowest BCUT2D eigenvalue weighted by Crippen LogP contribution is -2.25. The van der Waals surface area contributed by atoms with Crippen LogP contribution in [0.25, 0.3) is 11.3 Å². The molecule has 6 nitrogen and oxygen atoms in total. The summed E-state index contributed by atoms with van der Waals surface area (Å²) in [6.45, 7) is 10.9. The van der Waals surface area contributed by atoms with Gasteiger partial charge in [-0.25, -0.2) is 4.79 Å². The molecular weight excluding hydrogens is 406 g/mol. The third-order valence-corrected chi connectivity index (χ3v) is 5.26. The van der Waals surface area contributed by atoms with Crippen LogP contribution in [-0.4, -0.2) is 30.4 Å². The largest absolute Gasteiger partial charge is 0.493 e. The molecule has 32 heavy (non-hydrogen) atoms. The molecule has 0 unspecified atom stereocenters. The summed E-state index contributed by atoms with van der Waals surface area (Å²) >= 11 is 0. The van der Waals surface area contributed by atoms with Crippen LogP contribution in [-0.2, 0) is 17.7 Å². The molecule has 0 atom stereocenters. The molecule has 4 rings (SSSR count). The second kappa shape index (κ2) is 12.3. The first-order chi connectivity index (χ1) is 15.5. The van der Waals surface area contributed by atoms with Gasteiger partial charge in [-0.05, 0) is 50.3 Å². The number of carbonyl (C=O) groups excluding carboxylic acids is 1. The summed E-state index contributed by atoms with van der Waals surface area (Å²) in [5.74, 6) is 0.848. The van der Waals surface area contributed by atoms with E-state index in [1.54, 1.807) is 20.2 Å². The molecular formula is C26H37NO5. The van der Waals surface area contributed by atoms with Crippen molar-refractivity contribution in [1.29, 1.82) is 0 Å². The Bertz CT molecular complexity index is 959. The molecule has 1 saturated carbocycles. The molecule has 0 bridgehead atoms. The van der Waals surface area contributed by atoms with Crippen molar-refractivity contribution in [3.63, 3.8) is 0 Å². The predicted molar refractivity (Wildman–Crippen MR) is 128 cm³/mol. The molecule has 1 fully saturated rings. The van der Waals surface area contributed by atoms with Crippen LogP contribution in [0.2, 0.25) is 0 Å². The van der Waals surface area contributed by atoms with E-state index in [1.807, 2.05) is 30.5 Å². The van der Waals surface area contributed by atoms with Crippen molar-refractivity contribution in [3.8, 4) is 22.8 Å². The Morgan fingerprint density at radius 1 is 1.09 bits per heavy atom. The number of methoxy groups -OCH3 is 1.